The SMILES string of the molecule is Cc1ccnc(-c2cc(C(F)(F)F)ccn2)c1.Cc1cnc(-c2cc(C(F)(F)F)c(C(F)(F)F)cn2)cc1C. The van der Waals surface area contributed by atoms with Crippen LogP contribution in [0.4, 0.5) is 39.5 Å². The summed E-state index contributed by atoms with van der Waals surface area (Å²) in [6, 6.07) is 7.27. The highest BCUT2D eigenvalue weighted by molar-refractivity contribution is 5.58. The standard InChI is InChI=1S/C14H10F6N2.C12H9F3N2/c1-7-3-11(21-5-8(7)2)12-4-9(13(15,16)17)10(6-22-12)14(18,19)20;1-8-2-4-16-10(6-8)11-7-9(3-5-17-11)12(13,14)15/h3-6H,1-2H3;2-7H,1H3. The minimum atomic E-state index is -5.14. The number of rotatable bonds is 2. The second-order valence-corrected chi connectivity index (χ2v) is 8.41. The molecule has 4 aromatic heterocycles. The van der Waals surface area contributed by atoms with Gasteiger partial charge in [0.25, 0.3) is 0 Å². The van der Waals surface area contributed by atoms with Crippen molar-refractivity contribution < 1.29 is 39.5 Å². The maximum absolute atomic E-state index is 12.9. The van der Waals surface area contributed by atoms with Gasteiger partial charge in [0.15, 0.2) is 0 Å². The molecule has 0 unspecified atom stereocenters. The molecule has 4 aromatic rings. The molecule has 39 heavy (non-hydrogen) atoms. The van der Waals surface area contributed by atoms with E-state index in [0.717, 1.165) is 35.0 Å². The second-order valence-electron chi connectivity index (χ2n) is 8.41. The number of aryl methyl sites for hydroxylation is 3. The van der Waals surface area contributed by atoms with Crippen LogP contribution in [0.2, 0.25) is 0 Å². The molecule has 4 rings (SSSR count). The van der Waals surface area contributed by atoms with E-state index in [9.17, 15) is 39.5 Å². The Bertz CT molecular complexity index is 1460. The predicted octanol–water partition coefficient (Wildman–Crippen LogP) is 8.27. The molecule has 0 bridgehead atoms. The topological polar surface area (TPSA) is 51.6 Å². The van der Waals surface area contributed by atoms with Crippen molar-refractivity contribution in [3.05, 3.63) is 94.6 Å². The summed E-state index contributed by atoms with van der Waals surface area (Å²) >= 11 is 0. The largest absolute Gasteiger partial charge is 0.418 e. The van der Waals surface area contributed by atoms with Gasteiger partial charge in [0.1, 0.15) is 0 Å². The molecule has 0 N–H and O–H groups in total. The molecule has 4 nitrogen and oxygen atoms in total. The first-order valence-corrected chi connectivity index (χ1v) is 11.0. The zero-order valence-corrected chi connectivity index (χ0v) is 20.5. The summed E-state index contributed by atoms with van der Waals surface area (Å²) in [5, 5.41) is 0. The zero-order chi connectivity index (χ0) is 29.2. The lowest BCUT2D eigenvalue weighted by atomic mass is 10.1. The molecular formula is C26H19F9N4. The van der Waals surface area contributed by atoms with E-state index in [1.807, 2.05) is 6.92 Å². The smallest absolute Gasteiger partial charge is 0.255 e. The van der Waals surface area contributed by atoms with Gasteiger partial charge in [0.05, 0.1) is 39.5 Å². The summed E-state index contributed by atoms with van der Waals surface area (Å²) in [4.78, 5) is 15.3. The Balaban J connectivity index is 0.000000223. The van der Waals surface area contributed by atoms with Crippen LogP contribution in [0, 0.1) is 20.8 Å². The zero-order valence-electron chi connectivity index (χ0n) is 20.5. The van der Waals surface area contributed by atoms with Gasteiger partial charge < -0.3 is 0 Å². The van der Waals surface area contributed by atoms with Crippen LogP contribution >= 0.6 is 0 Å². The van der Waals surface area contributed by atoms with Gasteiger partial charge >= 0.3 is 18.5 Å². The first-order valence-electron chi connectivity index (χ1n) is 11.0. The number of aromatic nitrogens is 4. The molecule has 0 aliphatic carbocycles. The van der Waals surface area contributed by atoms with Crippen LogP contribution in [-0.4, -0.2) is 19.9 Å². The van der Waals surface area contributed by atoms with Gasteiger partial charge in [-0.25, -0.2) is 0 Å². The Morgan fingerprint density at radius 3 is 1.54 bits per heavy atom. The Labute approximate surface area is 216 Å². The Morgan fingerprint density at radius 2 is 1.00 bits per heavy atom. The van der Waals surface area contributed by atoms with E-state index in [4.69, 9.17) is 0 Å². The van der Waals surface area contributed by atoms with E-state index in [1.54, 1.807) is 32.2 Å². The lowest BCUT2D eigenvalue weighted by molar-refractivity contribution is -0.162. The maximum atomic E-state index is 12.9. The average molecular weight is 558 g/mol. The van der Waals surface area contributed by atoms with Crippen LogP contribution in [-0.2, 0) is 18.5 Å². The number of alkyl halides is 9. The van der Waals surface area contributed by atoms with Crippen molar-refractivity contribution in [1.82, 2.24) is 19.9 Å². The van der Waals surface area contributed by atoms with Crippen molar-refractivity contribution in [2.75, 3.05) is 0 Å². The first kappa shape index (κ1) is 29.5. The van der Waals surface area contributed by atoms with Gasteiger partial charge in [-0.15, -0.1) is 0 Å². The summed E-state index contributed by atoms with van der Waals surface area (Å²) in [7, 11) is 0. The summed E-state index contributed by atoms with van der Waals surface area (Å²) in [6.45, 7) is 5.32. The summed E-state index contributed by atoms with van der Waals surface area (Å²) < 4.78 is 114. The van der Waals surface area contributed by atoms with E-state index < -0.39 is 35.2 Å². The summed E-state index contributed by atoms with van der Waals surface area (Å²) in [5.74, 6) is 0. The number of pyridine rings is 4. The fourth-order valence-corrected chi connectivity index (χ4v) is 3.24. The van der Waals surface area contributed by atoms with Crippen molar-refractivity contribution in [2.45, 2.75) is 39.3 Å². The number of nitrogens with zero attached hydrogens (tertiary/aromatic N) is 4. The van der Waals surface area contributed by atoms with Gasteiger partial charge in [0, 0.05) is 24.8 Å². The van der Waals surface area contributed by atoms with Crippen molar-refractivity contribution >= 4 is 0 Å². The lowest BCUT2D eigenvalue weighted by Gasteiger charge is -2.16. The summed E-state index contributed by atoms with van der Waals surface area (Å²) in [5.41, 5.74) is -1.32. The van der Waals surface area contributed by atoms with Crippen molar-refractivity contribution in [1.29, 1.82) is 0 Å². The van der Waals surface area contributed by atoms with Crippen LogP contribution in [0.1, 0.15) is 33.4 Å². The van der Waals surface area contributed by atoms with E-state index >= 15 is 0 Å². The highest BCUT2D eigenvalue weighted by atomic mass is 19.4. The van der Waals surface area contributed by atoms with Crippen LogP contribution < -0.4 is 0 Å². The second kappa shape index (κ2) is 11.0. The molecule has 0 radical (unpaired) electrons. The van der Waals surface area contributed by atoms with Crippen molar-refractivity contribution in [3.63, 3.8) is 0 Å². The molecule has 0 saturated carbocycles. The van der Waals surface area contributed by atoms with Crippen LogP contribution in [0.25, 0.3) is 22.8 Å². The Kier molecular flexibility index (Phi) is 8.32. The molecule has 13 heteroatoms. The molecular weight excluding hydrogens is 539 g/mol. The number of halogens is 9. The van der Waals surface area contributed by atoms with Crippen LogP contribution in [0.5, 0.6) is 0 Å². The monoisotopic (exact) mass is 558 g/mol. The van der Waals surface area contributed by atoms with Gasteiger partial charge in [-0.2, -0.15) is 39.5 Å². The van der Waals surface area contributed by atoms with Crippen molar-refractivity contribution in [3.8, 4) is 22.8 Å². The van der Waals surface area contributed by atoms with E-state index in [1.165, 1.54) is 12.3 Å². The predicted molar refractivity (Wildman–Crippen MR) is 124 cm³/mol. The molecule has 0 fully saturated rings. The molecule has 4 heterocycles. The first-order chi connectivity index (χ1) is 18.0. The molecule has 0 amide bonds. The molecule has 0 aliphatic rings. The minimum absolute atomic E-state index is 0.0855. The lowest BCUT2D eigenvalue weighted by Crippen LogP contribution is -2.17. The normalized spacial score (nSPS) is 12.1. The molecule has 0 aromatic carbocycles. The van der Waals surface area contributed by atoms with Gasteiger partial charge in [-0.05, 0) is 73.9 Å². The molecule has 0 atom stereocenters. The minimum Gasteiger partial charge on any atom is -0.255 e. The third-order valence-corrected chi connectivity index (χ3v) is 5.41. The highest BCUT2D eigenvalue weighted by Crippen LogP contribution is 2.41. The van der Waals surface area contributed by atoms with Gasteiger partial charge in [-0.3, -0.25) is 19.9 Å². The summed E-state index contributed by atoms with van der Waals surface area (Å²) in [6.07, 6.45) is -10.3. The third-order valence-electron chi connectivity index (χ3n) is 5.41. The average Bonchev–Trinajstić information content (AvgIpc) is 2.84. The maximum Gasteiger partial charge on any atom is 0.418 e. The van der Waals surface area contributed by atoms with Gasteiger partial charge in [0.2, 0.25) is 0 Å². The third kappa shape index (κ3) is 7.52. The Morgan fingerprint density at radius 1 is 0.487 bits per heavy atom. The quantitative estimate of drug-likeness (QED) is 0.233. The van der Waals surface area contributed by atoms with E-state index in [-0.39, 0.29) is 23.3 Å². The Hall–Kier alpha value is -4.03. The highest BCUT2D eigenvalue weighted by Gasteiger charge is 2.43. The van der Waals surface area contributed by atoms with Crippen LogP contribution in [0.3, 0.4) is 0 Å². The molecule has 0 saturated heterocycles. The fourth-order valence-electron chi connectivity index (χ4n) is 3.24. The molecule has 0 spiro atoms. The van der Waals surface area contributed by atoms with Crippen molar-refractivity contribution in [2.24, 2.45) is 0 Å². The van der Waals surface area contributed by atoms with Gasteiger partial charge in [-0.1, -0.05) is 0 Å². The van der Waals surface area contributed by atoms with E-state index in [2.05, 4.69) is 19.9 Å². The molecule has 206 valence electrons. The number of hydrogen-bond acceptors (Lipinski definition) is 4. The van der Waals surface area contributed by atoms with Crippen LogP contribution in [0.15, 0.2) is 61.2 Å². The molecule has 0 aliphatic heterocycles. The van der Waals surface area contributed by atoms with E-state index in [0.29, 0.717) is 11.8 Å². The fraction of sp³-hybridized carbons (Fsp3) is 0.231. The number of hydrogen-bond donors (Lipinski definition) is 0.